The largest absolute Gasteiger partial charge is 0.493 e. The summed E-state index contributed by atoms with van der Waals surface area (Å²) in [4.78, 5) is 26.4. The summed E-state index contributed by atoms with van der Waals surface area (Å²) in [6.45, 7) is 3.83. The molecule has 1 aliphatic heterocycles. The molecule has 0 fully saturated rings. The predicted molar refractivity (Wildman–Crippen MR) is 113 cm³/mol. The van der Waals surface area contributed by atoms with Crippen LogP contribution in [0.5, 0.6) is 11.5 Å². The Kier molecular flexibility index (Phi) is 6.68. The first kappa shape index (κ1) is 22.4. The second-order valence-electron chi connectivity index (χ2n) is 7.81. The quantitative estimate of drug-likeness (QED) is 0.731. The maximum atomic E-state index is 13.6. The van der Waals surface area contributed by atoms with Crippen molar-refractivity contribution in [3.05, 3.63) is 58.9 Å². The number of carboxylic acid groups (broad SMARTS) is 1. The fraction of sp³-hybridized carbons (Fsp3) is 0.391. The summed E-state index contributed by atoms with van der Waals surface area (Å²) in [5.41, 5.74) is 2.51. The number of carboxylic acids is 1. The van der Waals surface area contributed by atoms with Crippen molar-refractivity contribution in [2.45, 2.75) is 32.4 Å². The van der Waals surface area contributed by atoms with Crippen LogP contribution < -0.4 is 14.8 Å². The van der Waals surface area contributed by atoms with Gasteiger partial charge in [-0.15, -0.1) is 0 Å². The number of nitrogens with one attached hydrogen (secondary N) is 1. The second kappa shape index (κ2) is 9.24. The second-order valence-corrected chi connectivity index (χ2v) is 7.81. The maximum Gasteiger partial charge on any atom is 0.326 e. The highest BCUT2D eigenvalue weighted by Crippen LogP contribution is 2.41. The third kappa shape index (κ3) is 4.57. The van der Waals surface area contributed by atoms with E-state index in [0.29, 0.717) is 30.0 Å². The molecule has 2 aromatic carbocycles. The molecule has 0 aromatic heterocycles. The highest BCUT2D eigenvalue weighted by molar-refractivity contribution is 5.83. The van der Waals surface area contributed by atoms with Gasteiger partial charge in [-0.3, -0.25) is 0 Å². The van der Waals surface area contributed by atoms with Gasteiger partial charge in [0.1, 0.15) is 11.9 Å². The number of ether oxygens (including phenoxy) is 2. The Morgan fingerprint density at radius 3 is 2.29 bits per heavy atom. The molecule has 2 amide bonds. The molecule has 8 heteroatoms. The number of carbonyl (C=O) groups excluding carboxylic acids is 1. The van der Waals surface area contributed by atoms with Crippen molar-refractivity contribution in [1.82, 2.24) is 10.2 Å². The minimum absolute atomic E-state index is 0.285. The molecule has 2 N–H and O–H groups in total. The van der Waals surface area contributed by atoms with Crippen LogP contribution in [0.4, 0.5) is 9.18 Å². The summed E-state index contributed by atoms with van der Waals surface area (Å²) < 4.78 is 24.4. The van der Waals surface area contributed by atoms with E-state index in [0.717, 1.165) is 11.1 Å². The highest BCUT2D eigenvalue weighted by Gasteiger charge is 2.35. The van der Waals surface area contributed by atoms with E-state index in [-0.39, 0.29) is 11.7 Å². The summed E-state index contributed by atoms with van der Waals surface area (Å²) in [5, 5.41) is 12.1. The normalized spacial score (nSPS) is 16.5. The molecule has 2 atom stereocenters. The average Bonchev–Trinajstić information content (AvgIpc) is 2.75. The number of benzene rings is 2. The fourth-order valence-electron chi connectivity index (χ4n) is 3.90. The molecule has 0 radical (unpaired) electrons. The van der Waals surface area contributed by atoms with Crippen molar-refractivity contribution in [2.24, 2.45) is 5.92 Å². The lowest BCUT2D eigenvalue weighted by molar-refractivity contribution is -0.140. The molecular formula is C23H27FN2O5. The van der Waals surface area contributed by atoms with Gasteiger partial charge in [-0.1, -0.05) is 26.0 Å². The molecule has 0 aliphatic carbocycles. The van der Waals surface area contributed by atoms with E-state index >= 15 is 0 Å². The van der Waals surface area contributed by atoms with E-state index in [2.05, 4.69) is 5.32 Å². The molecule has 7 nitrogen and oxygen atoms in total. The van der Waals surface area contributed by atoms with Crippen LogP contribution in [0.3, 0.4) is 0 Å². The first-order valence-corrected chi connectivity index (χ1v) is 10.1. The van der Waals surface area contributed by atoms with Gasteiger partial charge in [-0.25, -0.2) is 14.0 Å². The number of nitrogens with zero attached hydrogens (tertiary/aromatic N) is 1. The molecular weight excluding hydrogens is 403 g/mol. The lowest BCUT2D eigenvalue weighted by atomic mass is 9.87. The van der Waals surface area contributed by atoms with Crippen LogP contribution in [0, 0.1) is 11.7 Å². The number of fused-ring (bicyclic) bond motifs is 1. The van der Waals surface area contributed by atoms with E-state index in [1.807, 2.05) is 12.1 Å². The van der Waals surface area contributed by atoms with Crippen molar-refractivity contribution < 1.29 is 28.6 Å². The van der Waals surface area contributed by atoms with Gasteiger partial charge >= 0.3 is 12.0 Å². The summed E-state index contributed by atoms with van der Waals surface area (Å²) in [6, 6.07) is 7.59. The van der Waals surface area contributed by atoms with Crippen molar-refractivity contribution >= 4 is 12.0 Å². The SMILES string of the molecule is COc1cc2c(cc1OC)C(c1ccc(F)cc1)N(C(=O)NC(C(=O)O)C(C)C)CC2. The van der Waals surface area contributed by atoms with Gasteiger partial charge in [0.15, 0.2) is 11.5 Å². The number of rotatable bonds is 6. The van der Waals surface area contributed by atoms with Gasteiger partial charge < -0.3 is 24.8 Å². The molecule has 0 saturated carbocycles. The molecule has 0 saturated heterocycles. The standard InChI is InChI=1S/C23H27FN2O5/c1-13(2)20(22(27)28)25-23(29)26-10-9-15-11-18(30-3)19(31-4)12-17(15)21(26)14-5-7-16(24)8-6-14/h5-8,11-13,20-21H,9-10H2,1-4H3,(H,25,29)(H,27,28). The zero-order valence-corrected chi connectivity index (χ0v) is 18.0. The Bertz CT molecular complexity index is 961. The Morgan fingerprint density at radius 2 is 1.74 bits per heavy atom. The molecule has 1 heterocycles. The Hall–Kier alpha value is -3.29. The number of urea groups is 1. The molecule has 31 heavy (non-hydrogen) atoms. The molecule has 1 aliphatic rings. The molecule has 166 valence electrons. The summed E-state index contributed by atoms with van der Waals surface area (Å²) in [7, 11) is 3.09. The molecule has 0 spiro atoms. The van der Waals surface area contributed by atoms with Gasteiger partial charge in [0.25, 0.3) is 0 Å². The highest BCUT2D eigenvalue weighted by atomic mass is 19.1. The van der Waals surface area contributed by atoms with E-state index < -0.39 is 24.1 Å². The van der Waals surface area contributed by atoms with E-state index in [4.69, 9.17) is 9.47 Å². The third-order valence-electron chi connectivity index (χ3n) is 5.53. The topological polar surface area (TPSA) is 88.1 Å². The van der Waals surface area contributed by atoms with Crippen molar-refractivity contribution in [3.63, 3.8) is 0 Å². The van der Waals surface area contributed by atoms with Gasteiger partial charge in [0, 0.05) is 6.54 Å². The van der Waals surface area contributed by atoms with E-state index in [1.54, 1.807) is 38.0 Å². The van der Waals surface area contributed by atoms with Gasteiger partial charge in [0.05, 0.1) is 20.3 Å². The van der Waals surface area contributed by atoms with Crippen LogP contribution in [-0.2, 0) is 11.2 Å². The third-order valence-corrected chi connectivity index (χ3v) is 5.53. The zero-order chi connectivity index (χ0) is 22.7. The molecule has 2 aromatic rings. The Morgan fingerprint density at radius 1 is 1.13 bits per heavy atom. The van der Waals surface area contributed by atoms with Gasteiger partial charge in [-0.05, 0) is 53.3 Å². The summed E-state index contributed by atoms with van der Waals surface area (Å²) >= 11 is 0. The van der Waals surface area contributed by atoms with Gasteiger partial charge in [0.2, 0.25) is 0 Å². The van der Waals surface area contributed by atoms with E-state index in [1.165, 1.54) is 19.2 Å². The fourth-order valence-corrected chi connectivity index (χ4v) is 3.90. The molecule has 3 rings (SSSR count). The number of aliphatic carboxylic acids is 1. The van der Waals surface area contributed by atoms with Crippen LogP contribution in [0.1, 0.15) is 36.6 Å². The van der Waals surface area contributed by atoms with Crippen LogP contribution >= 0.6 is 0 Å². The number of halogens is 1. The lowest BCUT2D eigenvalue weighted by Gasteiger charge is -2.38. The molecule has 2 unspecified atom stereocenters. The minimum Gasteiger partial charge on any atom is -0.493 e. The van der Waals surface area contributed by atoms with Crippen LogP contribution in [0.2, 0.25) is 0 Å². The number of hydrogen-bond donors (Lipinski definition) is 2. The predicted octanol–water partition coefficient (Wildman–Crippen LogP) is 3.61. The van der Waals surface area contributed by atoms with Crippen LogP contribution in [-0.4, -0.2) is 48.8 Å². The van der Waals surface area contributed by atoms with Crippen LogP contribution in [0.25, 0.3) is 0 Å². The first-order chi connectivity index (χ1) is 14.8. The Labute approximate surface area is 180 Å². The Balaban J connectivity index is 2.06. The lowest BCUT2D eigenvalue weighted by Crippen LogP contribution is -2.52. The minimum atomic E-state index is -1.09. The van der Waals surface area contributed by atoms with Crippen molar-refractivity contribution in [3.8, 4) is 11.5 Å². The molecule has 0 bridgehead atoms. The van der Waals surface area contributed by atoms with Crippen molar-refractivity contribution in [1.29, 1.82) is 0 Å². The van der Waals surface area contributed by atoms with Crippen LogP contribution in [0.15, 0.2) is 36.4 Å². The van der Waals surface area contributed by atoms with Crippen molar-refractivity contribution in [2.75, 3.05) is 20.8 Å². The number of amides is 2. The average molecular weight is 430 g/mol. The maximum absolute atomic E-state index is 13.6. The van der Waals surface area contributed by atoms with Gasteiger partial charge in [-0.2, -0.15) is 0 Å². The monoisotopic (exact) mass is 430 g/mol. The zero-order valence-electron chi connectivity index (χ0n) is 18.0. The first-order valence-electron chi connectivity index (χ1n) is 10.1. The smallest absolute Gasteiger partial charge is 0.326 e. The number of methoxy groups -OCH3 is 2. The number of carbonyl (C=O) groups is 2. The summed E-state index contributed by atoms with van der Waals surface area (Å²) in [5.74, 6) is -0.657. The van der Waals surface area contributed by atoms with E-state index in [9.17, 15) is 19.1 Å². The number of hydrogen-bond acceptors (Lipinski definition) is 4. The summed E-state index contributed by atoms with van der Waals surface area (Å²) in [6.07, 6.45) is 0.556.